The molecule has 1 aliphatic heterocycles. The van der Waals surface area contributed by atoms with Crippen LogP contribution in [0.1, 0.15) is 36.9 Å². The molecule has 1 aliphatic rings. The molecule has 2 aromatic carbocycles. The number of nitrogens with zero attached hydrogens (tertiary/aromatic N) is 1. The van der Waals surface area contributed by atoms with E-state index in [9.17, 15) is 14.7 Å². The lowest BCUT2D eigenvalue weighted by molar-refractivity contribution is -0.140. The predicted molar refractivity (Wildman–Crippen MR) is 121 cm³/mol. The Balaban J connectivity index is 2.06. The molecule has 1 N–H and O–H groups in total. The van der Waals surface area contributed by atoms with Gasteiger partial charge in [-0.05, 0) is 48.4 Å². The molecule has 0 aromatic heterocycles. The zero-order valence-electron chi connectivity index (χ0n) is 18.7. The average Bonchev–Trinajstić information content (AvgIpc) is 3.07. The first-order valence-electron chi connectivity index (χ1n) is 10.7. The molecule has 1 atom stereocenters. The summed E-state index contributed by atoms with van der Waals surface area (Å²) in [6, 6.07) is 13.2. The second-order valence-electron chi connectivity index (χ2n) is 7.49. The molecular formula is C25H29NO6. The van der Waals surface area contributed by atoms with Crippen LogP contribution in [0.3, 0.4) is 0 Å². The van der Waals surface area contributed by atoms with E-state index in [0.717, 1.165) is 12.8 Å². The Morgan fingerprint density at radius 3 is 2.44 bits per heavy atom. The molecule has 3 rings (SSSR count). The third kappa shape index (κ3) is 4.94. The number of methoxy groups -OCH3 is 2. The predicted octanol–water partition coefficient (Wildman–Crippen LogP) is 3.94. The number of carbonyl (C=O) groups excluding carboxylic acids is 2. The molecule has 0 bridgehead atoms. The van der Waals surface area contributed by atoms with Crippen molar-refractivity contribution in [3.8, 4) is 11.5 Å². The number of rotatable bonds is 10. The summed E-state index contributed by atoms with van der Waals surface area (Å²) in [6.07, 6.45) is 1.94. The maximum Gasteiger partial charge on any atom is 0.295 e. The van der Waals surface area contributed by atoms with Crippen molar-refractivity contribution in [3.05, 3.63) is 65.2 Å². The summed E-state index contributed by atoms with van der Waals surface area (Å²) in [6.45, 7) is 3.14. The number of aliphatic hydroxyl groups is 1. The van der Waals surface area contributed by atoms with Gasteiger partial charge in [-0.1, -0.05) is 25.5 Å². The molecule has 170 valence electrons. The molecule has 1 heterocycles. The van der Waals surface area contributed by atoms with Crippen molar-refractivity contribution in [2.75, 3.05) is 34.0 Å². The Labute approximate surface area is 188 Å². The standard InChI is InChI=1S/C25H29NO6/c1-4-5-14-32-20-8-6-7-18(16-20)22-21(24(28)25(29)26(22)13-15-30-2)23(27)17-9-11-19(31-3)12-10-17/h6-12,16,22,27H,4-5,13-15H2,1-3H3/b23-21+. The highest BCUT2D eigenvalue weighted by atomic mass is 16.5. The normalized spacial score (nSPS) is 17.6. The number of unbranched alkanes of at least 4 members (excludes halogenated alkanes) is 1. The number of hydrogen-bond donors (Lipinski definition) is 1. The third-order valence-electron chi connectivity index (χ3n) is 5.38. The highest BCUT2D eigenvalue weighted by Gasteiger charge is 2.46. The van der Waals surface area contributed by atoms with Gasteiger partial charge in [0.2, 0.25) is 0 Å². The smallest absolute Gasteiger partial charge is 0.295 e. The molecule has 0 saturated carbocycles. The second kappa shape index (κ2) is 10.8. The van der Waals surface area contributed by atoms with Crippen LogP contribution in [-0.4, -0.2) is 55.7 Å². The first-order valence-corrected chi connectivity index (χ1v) is 10.7. The monoisotopic (exact) mass is 439 g/mol. The van der Waals surface area contributed by atoms with Gasteiger partial charge in [-0.3, -0.25) is 9.59 Å². The molecule has 1 amide bonds. The van der Waals surface area contributed by atoms with Crippen LogP contribution >= 0.6 is 0 Å². The lowest BCUT2D eigenvalue weighted by Crippen LogP contribution is -2.32. The molecule has 32 heavy (non-hydrogen) atoms. The minimum atomic E-state index is -0.748. The van der Waals surface area contributed by atoms with Crippen LogP contribution in [0.5, 0.6) is 11.5 Å². The Kier molecular flexibility index (Phi) is 7.89. The van der Waals surface area contributed by atoms with E-state index in [1.807, 2.05) is 24.3 Å². The molecule has 0 aliphatic carbocycles. The molecule has 0 spiro atoms. The number of likely N-dealkylation sites (tertiary alicyclic amines) is 1. The van der Waals surface area contributed by atoms with Crippen LogP contribution in [0, 0.1) is 0 Å². The maximum absolute atomic E-state index is 13.0. The second-order valence-corrected chi connectivity index (χ2v) is 7.49. The van der Waals surface area contributed by atoms with Gasteiger partial charge in [0.1, 0.15) is 17.3 Å². The first kappa shape index (κ1) is 23.3. The average molecular weight is 440 g/mol. The number of benzene rings is 2. The highest BCUT2D eigenvalue weighted by Crippen LogP contribution is 2.40. The van der Waals surface area contributed by atoms with Crippen LogP contribution in [-0.2, 0) is 14.3 Å². The fraction of sp³-hybridized carbons (Fsp3) is 0.360. The number of ether oxygens (including phenoxy) is 3. The van der Waals surface area contributed by atoms with E-state index in [-0.39, 0.29) is 24.5 Å². The van der Waals surface area contributed by atoms with E-state index in [0.29, 0.717) is 29.2 Å². The number of ketones is 1. The molecular weight excluding hydrogens is 410 g/mol. The lowest BCUT2D eigenvalue weighted by atomic mass is 9.95. The number of amides is 1. The molecule has 1 saturated heterocycles. The summed E-state index contributed by atoms with van der Waals surface area (Å²) >= 11 is 0. The molecule has 2 aromatic rings. The van der Waals surface area contributed by atoms with Crippen LogP contribution < -0.4 is 9.47 Å². The van der Waals surface area contributed by atoms with Crippen molar-refractivity contribution in [2.45, 2.75) is 25.8 Å². The van der Waals surface area contributed by atoms with E-state index in [1.54, 1.807) is 31.4 Å². The fourth-order valence-corrected chi connectivity index (χ4v) is 3.66. The van der Waals surface area contributed by atoms with Crippen molar-refractivity contribution in [1.82, 2.24) is 4.90 Å². The van der Waals surface area contributed by atoms with Gasteiger partial charge in [0, 0.05) is 19.2 Å². The van der Waals surface area contributed by atoms with Gasteiger partial charge < -0.3 is 24.2 Å². The maximum atomic E-state index is 13.0. The minimum Gasteiger partial charge on any atom is -0.507 e. The van der Waals surface area contributed by atoms with Gasteiger partial charge in [0.05, 0.1) is 31.9 Å². The molecule has 7 heteroatoms. The van der Waals surface area contributed by atoms with E-state index in [2.05, 4.69) is 6.92 Å². The number of aliphatic hydroxyl groups excluding tert-OH is 1. The number of hydrogen-bond acceptors (Lipinski definition) is 6. The van der Waals surface area contributed by atoms with Crippen molar-refractivity contribution in [2.24, 2.45) is 0 Å². The third-order valence-corrected chi connectivity index (χ3v) is 5.38. The van der Waals surface area contributed by atoms with Gasteiger partial charge in [-0.25, -0.2) is 0 Å². The quantitative estimate of drug-likeness (QED) is 0.261. The zero-order chi connectivity index (χ0) is 23.1. The summed E-state index contributed by atoms with van der Waals surface area (Å²) in [7, 11) is 3.08. The lowest BCUT2D eigenvalue weighted by Gasteiger charge is -2.25. The number of carbonyl (C=O) groups is 2. The van der Waals surface area contributed by atoms with E-state index in [4.69, 9.17) is 14.2 Å². The molecule has 1 fully saturated rings. The summed E-state index contributed by atoms with van der Waals surface area (Å²) in [5, 5.41) is 11.1. The van der Waals surface area contributed by atoms with Gasteiger partial charge in [-0.15, -0.1) is 0 Å². The molecule has 1 unspecified atom stereocenters. The van der Waals surface area contributed by atoms with Crippen LogP contribution in [0.25, 0.3) is 5.76 Å². The Morgan fingerprint density at radius 1 is 1.03 bits per heavy atom. The summed E-state index contributed by atoms with van der Waals surface area (Å²) < 4.78 is 16.1. The van der Waals surface area contributed by atoms with Crippen LogP contribution in [0.4, 0.5) is 0 Å². The Hall–Kier alpha value is -3.32. The molecule has 7 nitrogen and oxygen atoms in total. The largest absolute Gasteiger partial charge is 0.507 e. The van der Waals surface area contributed by atoms with Crippen LogP contribution in [0.15, 0.2) is 54.1 Å². The van der Waals surface area contributed by atoms with Gasteiger partial charge in [0.15, 0.2) is 0 Å². The SMILES string of the molecule is CCCCOc1cccc(C2/C(=C(\O)c3ccc(OC)cc3)C(=O)C(=O)N2CCOC)c1. The van der Waals surface area contributed by atoms with Crippen molar-refractivity contribution < 1.29 is 28.9 Å². The van der Waals surface area contributed by atoms with Gasteiger partial charge >= 0.3 is 0 Å². The van der Waals surface area contributed by atoms with E-state index < -0.39 is 17.7 Å². The summed E-state index contributed by atoms with van der Waals surface area (Å²) in [5.74, 6) is -0.349. The highest BCUT2D eigenvalue weighted by molar-refractivity contribution is 6.46. The van der Waals surface area contributed by atoms with E-state index >= 15 is 0 Å². The number of Topliss-reactive ketones (excluding diaryl/α,β-unsaturated/α-hetero) is 1. The van der Waals surface area contributed by atoms with Gasteiger partial charge in [0.25, 0.3) is 11.7 Å². The molecule has 0 radical (unpaired) electrons. The Bertz CT molecular complexity index is 982. The van der Waals surface area contributed by atoms with Crippen LogP contribution in [0.2, 0.25) is 0 Å². The zero-order valence-corrected chi connectivity index (χ0v) is 18.7. The summed E-state index contributed by atoms with van der Waals surface area (Å²) in [5.41, 5.74) is 1.15. The van der Waals surface area contributed by atoms with Crippen molar-refractivity contribution >= 4 is 17.4 Å². The van der Waals surface area contributed by atoms with E-state index in [1.165, 1.54) is 12.0 Å². The summed E-state index contributed by atoms with van der Waals surface area (Å²) in [4.78, 5) is 27.3. The minimum absolute atomic E-state index is 0.0435. The van der Waals surface area contributed by atoms with Crippen molar-refractivity contribution in [1.29, 1.82) is 0 Å². The van der Waals surface area contributed by atoms with Crippen molar-refractivity contribution in [3.63, 3.8) is 0 Å². The Morgan fingerprint density at radius 2 is 1.78 bits per heavy atom. The fourth-order valence-electron chi connectivity index (χ4n) is 3.66. The van der Waals surface area contributed by atoms with Gasteiger partial charge in [-0.2, -0.15) is 0 Å². The topological polar surface area (TPSA) is 85.3 Å². The first-order chi connectivity index (χ1) is 15.5.